The molecule has 57 heavy (non-hydrogen) atoms. The van der Waals surface area contributed by atoms with E-state index >= 15 is 0 Å². The molecule has 266 valence electrons. The van der Waals surface area contributed by atoms with Gasteiger partial charge in [-0.05, 0) is 82.4 Å². The van der Waals surface area contributed by atoms with E-state index in [-0.39, 0.29) is 0 Å². The Hall–Kier alpha value is -7.62. The van der Waals surface area contributed by atoms with Gasteiger partial charge in [0.25, 0.3) is 0 Å². The number of nitrogens with zero attached hydrogens (tertiary/aromatic N) is 2. The fraction of sp³-hybridized carbons (Fsp3) is 0. The Labute approximate surface area is 328 Å². The molecule has 9 aromatic carbocycles. The van der Waals surface area contributed by atoms with E-state index in [1.165, 1.54) is 71.6 Å². The van der Waals surface area contributed by atoms with Crippen LogP contribution in [0.4, 0.5) is 0 Å². The Morgan fingerprint density at radius 3 is 1.44 bits per heavy atom. The van der Waals surface area contributed by atoms with Crippen molar-refractivity contribution >= 4 is 65.6 Å². The monoisotopic (exact) mass is 726 g/mol. The molecule has 12 rings (SSSR count). The van der Waals surface area contributed by atoms with E-state index in [1.54, 1.807) is 0 Å². The van der Waals surface area contributed by atoms with Crippen LogP contribution in [0.5, 0.6) is 0 Å². The highest BCUT2D eigenvalue weighted by Crippen LogP contribution is 2.44. The minimum Gasteiger partial charge on any atom is -0.454 e. The van der Waals surface area contributed by atoms with Crippen LogP contribution < -0.4 is 0 Å². The van der Waals surface area contributed by atoms with Gasteiger partial charge in [0.05, 0.1) is 33.4 Å². The highest BCUT2D eigenvalue weighted by molar-refractivity contribution is 6.17. The summed E-state index contributed by atoms with van der Waals surface area (Å²) in [5.74, 6) is 0. The van der Waals surface area contributed by atoms with Crippen LogP contribution in [-0.2, 0) is 0 Å². The van der Waals surface area contributed by atoms with E-state index in [9.17, 15) is 0 Å². The third-order valence-electron chi connectivity index (χ3n) is 11.7. The molecule has 0 unspecified atom stereocenters. The molecular formula is C54H34N2O. The number of furan rings is 1. The van der Waals surface area contributed by atoms with E-state index in [0.717, 1.165) is 38.7 Å². The van der Waals surface area contributed by atoms with Crippen LogP contribution in [0.3, 0.4) is 0 Å². The normalized spacial score (nSPS) is 11.9. The summed E-state index contributed by atoms with van der Waals surface area (Å²) in [5.41, 5.74) is 15.8. The van der Waals surface area contributed by atoms with Crippen molar-refractivity contribution in [3.05, 3.63) is 206 Å². The molecule has 0 aliphatic carbocycles. The van der Waals surface area contributed by atoms with Gasteiger partial charge < -0.3 is 13.6 Å². The number of aromatic nitrogens is 2. The van der Waals surface area contributed by atoms with Crippen LogP contribution in [-0.4, -0.2) is 9.13 Å². The first-order valence-electron chi connectivity index (χ1n) is 19.5. The van der Waals surface area contributed by atoms with Crippen molar-refractivity contribution in [1.29, 1.82) is 0 Å². The van der Waals surface area contributed by atoms with Crippen molar-refractivity contribution < 1.29 is 4.42 Å². The van der Waals surface area contributed by atoms with E-state index < -0.39 is 0 Å². The second kappa shape index (κ2) is 12.5. The molecule has 0 N–H and O–H groups in total. The van der Waals surface area contributed by atoms with Crippen molar-refractivity contribution in [3.8, 4) is 44.8 Å². The Bertz CT molecular complexity index is 3510. The molecule has 3 aromatic heterocycles. The number of hydrogen-bond acceptors (Lipinski definition) is 1. The maximum absolute atomic E-state index is 6.78. The second-order valence-electron chi connectivity index (χ2n) is 14.9. The molecule has 3 heteroatoms. The maximum atomic E-state index is 6.78. The Balaban J connectivity index is 1.05. The zero-order chi connectivity index (χ0) is 37.5. The summed E-state index contributed by atoms with van der Waals surface area (Å²) in [7, 11) is 0. The Morgan fingerprint density at radius 2 is 0.789 bits per heavy atom. The van der Waals surface area contributed by atoms with Crippen molar-refractivity contribution in [1.82, 2.24) is 9.13 Å². The molecule has 12 aromatic rings. The predicted octanol–water partition coefficient (Wildman–Crippen LogP) is 14.8. The lowest BCUT2D eigenvalue weighted by Gasteiger charge is -2.14. The van der Waals surface area contributed by atoms with Crippen molar-refractivity contribution in [2.24, 2.45) is 0 Å². The molecule has 0 aliphatic rings. The predicted molar refractivity (Wildman–Crippen MR) is 239 cm³/mol. The molecule has 0 saturated heterocycles. The first-order chi connectivity index (χ1) is 28.3. The Kier molecular flexibility index (Phi) is 6.93. The number of benzene rings is 9. The van der Waals surface area contributed by atoms with Crippen LogP contribution >= 0.6 is 0 Å². The standard InChI is InChI=1S/C54H34N2O/c1-3-15-35(16-4-1)39-19-7-11-23-46(39)55-47-24-12-8-20-41(47)44-33-37(27-30-49(44)55)38-28-31-50-45(34-38)42-21-9-13-25-48(42)56(50)51-32-29-40(36-17-5-2-6-18-36)53-43-22-10-14-26-52(43)57-54(51)53/h1-34H. The molecule has 0 atom stereocenters. The van der Waals surface area contributed by atoms with Crippen LogP contribution in [0, 0.1) is 0 Å². The van der Waals surface area contributed by atoms with E-state index in [2.05, 4.69) is 209 Å². The highest BCUT2D eigenvalue weighted by atomic mass is 16.3. The van der Waals surface area contributed by atoms with Gasteiger partial charge >= 0.3 is 0 Å². The van der Waals surface area contributed by atoms with Gasteiger partial charge in [0.2, 0.25) is 0 Å². The average molecular weight is 727 g/mol. The third-order valence-corrected chi connectivity index (χ3v) is 11.7. The number of fused-ring (bicyclic) bond motifs is 9. The summed E-state index contributed by atoms with van der Waals surface area (Å²) in [5, 5.41) is 7.15. The smallest absolute Gasteiger partial charge is 0.160 e. The quantitative estimate of drug-likeness (QED) is 0.173. The molecule has 0 fully saturated rings. The number of hydrogen-bond donors (Lipinski definition) is 0. The fourth-order valence-corrected chi connectivity index (χ4v) is 9.20. The average Bonchev–Trinajstić information content (AvgIpc) is 3.94. The van der Waals surface area contributed by atoms with Gasteiger partial charge in [0.15, 0.2) is 5.58 Å². The van der Waals surface area contributed by atoms with E-state index in [1.807, 2.05) is 6.07 Å². The van der Waals surface area contributed by atoms with Gasteiger partial charge in [-0.25, -0.2) is 0 Å². The van der Waals surface area contributed by atoms with Crippen molar-refractivity contribution in [3.63, 3.8) is 0 Å². The van der Waals surface area contributed by atoms with E-state index in [0.29, 0.717) is 0 Å². The van der Waals surface area contributed by atoms with Crippen LogP contribution in [0.25, 0.3) is 110 Å². The summed E-state index contributed by atoms with van der Waals surface area (Å²) >= 11 is 0. The summed E-state index contributed by atoms with van der Waals surface area (Å²) in [6.45, 7) is 0. The fourth-order valence-electron chi connectivity index (χ4n) is 9.20. The molecular weight excluding hydrogens is 693 g/mol. The highest BCUT2D eigenvalue weighted by Gasteiger charge is 2.21. The molecule has 0 bridgehead atoms. The summed E-state index contributed by atoms with van der Waals surface area (Å²) in [4.78, 5) is 0. The SMILES string of the molecule is c1ccc(-c2ccccc2-n2c3ccccc3c3cc(-c4ccc5c(c4)c4ccccc4n5-c4ccc(-c5ccccc5)c5c4oc4ccccc45)ccc32)cc1. The van der Waals surface area contributed by atoms with Crippen molar-refractivity contribution in [2.75, 3.05) is 0 Å². The summed E-state index contributed by atoms with van der Waals surface area (Å²) in [6.07, 6.45) is 0. The lowest BCUT2D eigenvalue weighted by Crippen LogP contribution is -1.97. The largest absolute Gasteiger partial charge is 0.454 e. The molecule has 3 heterocycles. The van der Waals surface area contributed by atoms with E-state index in [4.69, 9.17) is 4.42 Å². The molecule has 0 amide bonds. The van der Waals surface area contributed by atoms with Gasteiger partial charge in [0.1, 0.15) is 5.58 Å². The van der Waals surface area contributed by atoms with Crippen LogP contribution in [0.1, 0.15) is 0 Å². The summed E-state index contributed by atoms with van der Waals surface area (Å²) in [6, 6.07) is 74.3. The van der Waals surface area contributed by atoms with Crippen LogP contribution in [0.15, 0.2) is 211 Å². The lowest BCUT2D eigenvalue weighted by molar-refractivity contribution is 0.666. The molecule has 3 nitrogen and oxygen atoms in total. The molecule has 0 saturated carbocycles. The zero-order valence-corrected chi connectivity index (χ0v) is 30.9. The van der Waals surface area contributed by atoms with Gasteiger partial charge in [-0.2, -0.15) is 0 Å². The topological polar surface area (TPSA) is 23.0 Å². The maximum Gasteiger partial charge on any atom is 0.160 e. The zero-order valence-electron chi connectivity index (χ0n) is 30.9. The van der Waals surface area contributed by atoms with Gasteiger partial charge in [-0.3, -0.25) is 0 Å². The molecule has 0 aliphatic heterocycles. The lowest BCUT2D eigenvalue weighted by atomic mass is 9.98. The minimum atomic E-state index is 0.889. The van der Waals surface area contributed by atoms with Gasteiger partial charge in [-0.1, -0.05) is 152 Å². The number of rotatable bonds is 5. The second-order valence-corrected chi connectivity index (χ2v) is 14.9. The van der Waals surface area contributed by atoms with Gasteiger partial charge in [0, 0.05) is 37.9 Å². The number of para-hydroxylation sites is 4. The molecule has 0 spiro atoms. The third kappa shape index (κ3) is 4.79. The summed E-state index contributed by atoms with van der Waals surface area (Å²) < 4.78 is 11.6. The van der Waals surface area contributed by atoms with Crippen molar-refractivity contribution in [2.45, 2.75) is 0 Å². The molecule has 0 radical (unpaired) electrons. The Morgan fingerprint density at radius 1 is 0.298 bits per heavy atom. The minimum absolute atomic E-state index is 0.889. The van der Waals surface area contributed by atoms with Gasteiger partial charge in [-0.15, -0.1) is 0 Å². The first-order valence-corrected chi connectivity index (χ1v) is 19.5. The first kappa shape index (κ1) is 31.7. The van der Waals surface area contributed by atoms with Crippen LogP contribution in [0.2, 0.25) is 0 Å².